The van der Waals surface area contributed by atoms with Crippen LogP contribution < -0.4 is 0 Å². The van der Waals surface area contributed by atoms with Gasteiger partial charge in [-0.3, -0.25) is 0 Å². The molecule has 1 heterocycles. The zero-order chi connectivity index (χ0) is 15.0. The summed E-state index contributed by atoms with van der Waals surface area (Å²) in [5, 5.41) is 3.36. The second kappa shape index (κ2) is 14.1. The Bertz CT molecular complexity index is 281. The van der Waals surface area contributed by atoms with Crippen molar-refractivity contribution in [1.29, 1.82) is 0 Å². The molecule has 1 fully saturated rings. The minimum Gasteiger partial charge on any atom is -0.379 e. The second-order valence-electron chi connectivity index (χ2n) is 4.46. The first-order chi connectivity index (χ1) is 10.4. The number of nitrogens with zero attached hydrogens (tertiary/aromatic N) is 3. The van der Waals surface area contributed by atoms with Gasteiger partial charge >= 0.3 is 0 Å². The van der Waals surface area contributed by atoms with E-state index in [0.717, 1.165) is 19.4 Å². The summed E-state index contributed by atoms with van der Waals surface area (Å²) in [6.45, 7) is 4.72. The van der Waals surface area contributed by atoms with Crippen LogP contribution in [-0.2, 0) is 23.7 Å². The third-order valence-corrected chi connectivity index (χ3v) is 2.81. The summed E-state index contributed by atoms with van der Waals surface area (Å²) in [5.41, 5.74) is 8.05. The van der Waals surface area contributed by atoms with Crippen molar-refractivity contribution < 1.29 is 23.7 Å². The van der Waals surface area contributed by atoms with Crippen LogP contribution in [0.1, 0.15) is 19.3 Å². The standard InChI is InChI=1S/C13H25N3O5/c14-16-15-4-6-17-7-8-18-9-10-19-11-12-21-13-3-1-2-5-20-13/h13H,1-12H2. The Morgan fingerprint density at radius 1 is 0.952 bits per heavy atom. The van der Waals surface area contributed by atoms with E-state index in [1.54, 1.807) is 0 Å². The molecule has 0 aliphatic carbocycles. The fourth-order valence-electron chi connectivity index (χ4n) is 1.77. The lowest BCUT2D eigenvalue weighted by Gasteiger charge is -2.22. The Morgan fingerprint density at radius 2 is 1.62 bits per heavy atom. The summed E-state index contributed by atoms with van der Waals surface area (Å²) in [6.07, 6.45) is 3.22. The van der Waals surface area contributed by atoms with E-state index in [4.69, 9.17) is 29.2 Å². The summed E-state index contributed by atoms with van der Waals surface area (Å²) < 4.78 is 26.9. The van der Waals surface area contributed by atoms with Gasteiger partial charge in [0, 0.05) is 18.1 Å². The molecular weight excluding hydrogens is 278 g/mol. The molecule has 0 spiro atoms. The molecule has 1 unspecified atom stereocenters. The third-order valence-electron chi connectivity index (χ3n) is 2.81. The van der Waals surface area contributed by atoms with Gasteiger partial charge in [-0.1, -0.05) is 5.11 Å². The summed E-state index contributed by atoms with van der Waals surface area (Å²) in [6, 6.07) is 0. The van der Waals surface area contributed by atoms with Crippen LogP contribution in [0.3, 0.4) is 0 Å². The van der Waals surface area contributed by atoms with Crippen LogP contribution in [0.5, 0.6) is 0 Å². The normalized spacial score (nSPS) is 18.4. The highest BCUT2D eigenvalue weighted by molar-refractivity contribution is 4.53. The van der Waals surface area contributed by atoms with Gasteiger partial charge < -0.3 is 23.7 Å². The maximum absolute atomic E-state index is 8.05. The van der Waals surface area contributed by atoms with Crippen molar-refractivity contribution >= 4 is 0 Å². The monoisotopic (exact) mass is 303 g/mol. The molecule has 0 saturated carbocycles. The average molecular weight is 303 g/mol. The predicted molar refractivity (Wildman–Crippen MR) is 76.0 cm³/mol. The SMILES string of the molecule is [N-]=[N+]=NCCOCCOCCOCCOC1CCCCO1. The van der Waals surface area contributed by atoms with Crippen LogP contribution in [0, 0.1) is 0 Å². The van der Waals surface area contributed by atoms with Crippen LogP contribution in [0.25, 0.3) is 10.4 Å². The van der Waals surface area contributed by atoms with E-state index in [1.165, 1.54) is 6.42 Å². The summed E-state index contributed by atoms with van der Waals surface area (Å²) in [4.78, 5) is 2.63. The van der Waals surface area contributed by atoms with Crippen LogP contribution in [-0.4, -0.2) is 65.7 Å². The quantitative estimate of drug-likeness (QED) is 0.224. The molecule has 1 rings (SSSR count). The number of azide groups is 1. The van der Waals surface area contributed by atoms with Gasteiger partial charge in [0.05, 0.1) is 46.2 Å². The van der Waals surface area contributed by atoms with E-state index >= 15 is 0 Å². The zero-order valence-electron chi connectivity index (χ0n) is 12.4. The molecule has 0 aromatic rings. The number of hydrogen-bond donors (Lipinski definition) is 0. The maximum Gasteiger partial charge on any atom is 0.157 e. The number of rotatable bonds is 13. The number of hydrogen-bond acceptors (Lipinski definition) is 6. The average Bonchev–Trinajstić information content (AvgIpc) is 2.53. The first kappa shape index (κ1) is 18.2. The second-order valence-corrected chi connectivity index (χ2v) is 4.46. The van der Waals surface area contributed by atoms with Crippen molar-refractivity contribution in [2.24, 2.45) is 5.11 Å². The van der Waals surface area contributed by atoms with Gasteiger partial charge in [0.1, 0.15) is 0 Å². The molecule has 1 atom stereocenters. The maximum atomic E-state index is 8.05. The molecule has 0 radical (unpaired) electrons. The molecule has 8 heteroatoms. The van der Waals surface area contributed by atoms with Crippen molar-refractivity contribution in [3.8, 4) is 0 Å². The first-order valence-electron chi connectivity index (χ1n) is 7.41. The molecule has 122 valence electrons. The van der Waals surface area contributed by atoms with Crippen molar-refractivity contribution in [1.82, 2.24) is 0 Å². The molecule has 0 N–H and O–H groups in total. The number of ether oxygens (including phenoxy) is 5. The van der Waals surface area contributed by atoms with Crippen molar-refractivity contribution in [3.63, 3.8) is 0 Å². The lowest BCUT2D eigenvalue weighted by molar-refractivity contribution is -0.169. The first-order valence-corrected chi connectivity index (χ1v) is 7.41. The minimum absolute atomic E-state index is 0.0545. The highest BCUT2D eigenvalue weighted by atomic mass is 16.7. The summed E-state index contributed by atoms with van der Waals surface area (Å²) in [5.74, 6) is 0. The van der Waals surface area contributed by atoms with E-state index in [2.05, 4.69) is 10.0 Å². The van der Waals surface area contributed by atoms with Gasteiger partial charge in [0.25, 0.3) is 0 Å². The van der Waals surface area contributed by atoms with Crippen LogP contribution in [0.2, 0.25) is 0 Å². The molecule has 8 nitrogen and oxygen atoms in total. The molecule has 1 aliphatic heterocycles. The van der Waals surface area contributed by atoms with Gasteiger partial charge in [-0.2, -0.15) is 0 Å². The largest absolute Gasteiger partial charge is 0.379 e. The molecule has 1 saturated heterocycles. The van der Waals surface area contributed by atoms with Crippen molar-refractivity contribution in [3.05, 3.63) is 10.4 Å². The van der Waals surface area contributed by atoms with Gasteiger partial charge in [-0.05, 0) is 24.8 Å². The Hall–Kier alpha value is -0.890. The Morgan fingerprint density at radius 3 is 2.24 bits per heavy atom. The van der Waals surface area contributed by atoms with Crippen LogP contribution in [0.4, 0.5) is 0 Å². The highest BCUT2D eigenvalue weighted by Gasteiger charge is 2.13. The van der Waals surface area contributed by atoms with Gasteiger partial charge in [0.15, 0.2) is 6.29 Å². The lowest BCUT2D eigenvalue weighted by Crippen LogP contribution is -2.24. The predicted octanol–water partition coefficient (Wildman–Crippen LogP) is 1.89. The van der Waals surface area contributed by atoms with Crippen LogP contribution >= 0.6 is 0 Å². The Labute approximate surface area is 125 Å². The zero-order valence-corrected chi connectivity index (χ0v) is 12.4. The van der Waals surface area contributed by atoms with Crippen molar-refractivity contribution in [2.45, 2.75) is 25.6 Å². The van der Waals surface area contributed by atoms with Crippen molar-refractivity contribution in [2.75, 3.05) is 59.4 Å². The summed E-state index contributed by atoms with van der Waals surface area (Å²) >= 11 is 0. The van der Waals surface area contributed by atoms with Gasteiger partial charge in [0.2, 0.25) is 0 Å². The third kappa shape index (κ3) is 11.4. The Balaban J connectivity index is 1.71. The molecule has 21 heavy (non-hydrogen) atoms. The molecule has 1 aliphatic rings. The smallest absolute Gasteiger partial charge is 0.157 e. The molecule has 0 amide bonds. The van der Waals surface area contributed by atoms with E-state index in [9.17, 15) is 0 Å². The molecular formula is C13H25N3O5. The van der Waals surface area contributed by atoms with E-state index in [-0.39, 0.29) is 6.29 Å². The summed E-state index contributed by atoms with van der Waals surface area (Å²) in [7, 11) is 0. The molecule has 0 aromatic heterocycles. The van der Waals surface area contributed by atoms with E-state index in [0.29, 0.717) is 52.8 Å². The fourth-order valence-corrected chi connectivity index (χ4v) is 1.77. The topological polar surface area (TPSA) is 94.9 Å². The van der Waals surface area contributed by atoms with Gasteiger partial charge in [-0.25, -0.2) is 0 Å². The minimum atomic E-state index is -0.0545. The fraction of sp³-hybridized carbons (Fsp3) is 1.00. The molecule has 0 bridgehead atoms. The van der Waals surface area contributed by atoms with Crippen LogP contribution in [0.15, 0.2) is 5.11 Å². The molecule has 0 aromatic carbocycles. The Kier molecular flexibility index (Phi) is 12.2. The highest BCUT2D eigenvalue weighted by Crippen LogP contribution is 2.13. The van der Waals surface area contributed by atoms with E-state index in [1.807, 2.05) is 0 Å². The van der Waals surface area contributed by atoms with Gasteiger partial charge in [-0.15, -0.1) is 0 Å². The lowest BCUT2D eigenvalue weighted by atomic mass is 10.2. The van der Waals surface area contributed by atoms with E-state index < -0.39 is 0 Å².